The molecule has 15 heavy (non-hydrogen) atoms. The SMILES string of the molecule is CC1=CC(NC2=NC(C)N=C(N)N2)=CC1. The van der Waals surface area contributed by atoms with Gasteiger partial charge < -0.3 is 11.1 Å². The number of hydrogen-bond donors (Lipinski definition) is 3. The molecule has 1 heterocycles. The predicted octanol–water partition coefficient (Wildman–Crippen LogP) is 0.430. The Morgan fingerprint density at radius 2 is 2.33 bits per heavy atom. The Kier molecular flexibility index (Phi) is 2.45. The number of nitrogens with one attached hydrogen (secondary N) is 2. The lowest BCUT2D eigenvalue weighted by molar-refractivity contribution is 0.755. The average Bonchev–Trinajstić information content (AvgIpc) is 2.49. The molecule has 0 saturated carbocycles. The van der Waals surface area contributed by atoms with Crippen molar-refractivity contribution in [2.45, 2.75) is 26.4 Å². The van der Waals surface area contributed by atoms with E-state index in [4.69, 9.17) is 5.73 Å². The van der Waals surface area contributed by atoms with Crippen molar-refractivity contribution in [3.05, 3.63) is 23.4 Å². The van der Waals surface area contributed by atoms with Crippen LogP contribution in [0.2, 0.25) is 0 Å². The van der Waals surface area contributed by atoms with Gasteiger partial charge in [0, 0.05) is 5.70 Å². The molecule has 0 aromatic rings. The van der Waals surface area contributed by atoms with E-state index in [0.717, 1.165) is 12.1 Å². The molecule has 0 amide bonds. The van der Waals surface area contributed by atoms with Crippen LogP contribution in [-0.2, 0) is 0 Å². The Labute approximate surface area is 88.9 Å². The zero-order valence-corrected chi connectivity index (χ0v) is 8.91. The Morgan fingerprint density at radius 1 is 1.53 bits per heavy atom. The number of nitrogens with two attached hydrogens (primary N) is 1. The lowest BCUT2D eigenvalue weighted by Gasteiger charge is -2.17. The van der Waals surface area contributed by atoms with Crippen LogP contribution < -0.4 is 16.4 Å². The quantitative estimate of drug-likeness (QED) is 0.581. The summed E-state index contributed by atoms with van der Waals surface area (Å²) in [5.74, 6) is 1.06. The smallest absolute Gasteiger partial charge is 0.204 e. The van der Waals surface area contributed by atoms with Crippen LogP contribution in [-0.4, -0.2) is 18.1 Å². The van der Waals surface area contributed by atoms with Gasteiger partial charge in [0.2, 0.25) is 5.96 Å². The Morgan fingerprint density at radius 3 is 2.93 bits per heavy atom. The second-order valence-corrected chi connectivity index (χ2v) is 3.73. The van der Waals surface area contributed by atoms with E-state index in [1.807, 2.05) is 6.92 Å². The van der Waals surface area contributed by atoms with E-state index in [-0.39, 0.29) is 6.17 Å². The topological polar surface area (TPSA) is 74.8 Å². The van der Waals surface area contributed by atoms with Gasteiger partial charge >= 0.3 is 0 Å². The lowest BCUT2D eigenvalue weighted by atomic mass is 10.3. The summed E-state index contributed by atoms with van der Waals surface area (Å²) in [7, 11) is 0. The van der Waals surface area contributed by atoms with Gasteiger partial charge in [0.15, 0.2) is 5.96 Å². The van der Waals surface area contributed by atoms with Crippen molar-refractivity contribution in [2.75, 3.05) is 0 Å². The molecule has 5 nitrogen and oxygen atoms in total. The third-order valence-corrected chi connectivity index (χ3v) is 2.20. The monoisotopic (exact) mass is 205 g/mol. The van der Waals surface area contributed by atoms with Gasteiger partial charge in [-0.15, -0.1) is 0 Å². The van der Waals surface area contributed by atoms with E-state index < -0.39 is 0 Å². The highest BCUT2D eigenvalue weighted by atomic mass is 15.3. The van der Waals surface area contributed by atoms with E-state index in [0.29, 0.717) is 11.9 Å². The minimum Gasteiger partial charge on any atom is -0.370 e. The number of rotatable bonds is 1. The summed E-state index contributed by atoms with van der Waals surface area (Å²) in [4.78, 5) is 8.32. The highest BCUT2D eigenvalue weighted by Crippen LogP contribution is 2.14. The molecule has 0 radical (unpaired) electrons. The van der Waals surface area contributed by atoms with Crippen molar-refractivity contribution < 1.29 is 0 Å². The van der Waals surface area contributed by atoms with Crippen LogP contribution in [0.4, 0.5) is 0 Å². The van der Waals surface area contributed by atoms with Crippen molar-refractivity contribution >= 4 is 11.9 Å². The predicted molar refractivity (Wildman–Crippen MR) is 61.2 cm³/mol. The van der Waals surface area contributed by atoms with Gasteiger partial charge in [-0.25, -0.2) is 9.98 Å². The zero-order valence-electron chi connectivity index (χ0n) is 8.91. The fourth-order valence-corrected chi connectivity index (χ4v) is 1.54. The first-order valence-corrected chi connectivity index (χ1v) is 4.96. The molecule has 80 valence electrons. The zero-order chi connectivity index (χ0) is 10.8. The van der Waals surface area contributed by atoms with E-state index in [2.05, 4.69) is 39.7 Å². The van der Waals surface area contributed by atoms with Crippen molar-refractivity contribution in [3.8, 4) is 0 Å². The molecule has 0 saturated heterocycles. The molecule has 0 aromatic heterocycles. The third kappa shape index (κ3) is 2.37. The van der Waals surface area contributed by atoms with Crippen molar-refractivity contribution in [3.63, 3.8) is 0 Å². The first-order valence-electron chi connectivity index (χ1n) is 4.96. The van der Waals surface area contributed by atoms with E-state index in [1.165, 1.54) is 5.57 Å². The summed E-state index contributed by atoms with van der Waals surface area (Å²) in [6.07, 6.45) is 5.08. The fourth-order valence-electron chi connectivity index (χ4n) is 1.54. The summed E-state index contributed by atoms with van der Waals surface area (Å²) in [5.41, 5.74) is 7.99. The van der Waals surface area contributed by atoms with Gasteiger partial charge in [-0.2, -0.15) is 0 Å². The highest BCUT2D eigenvalue weighted by molar-refractivity contribution is 6.00. The summed E-state index contributed by atoms with van der Waals surface area (Å²) < 4.78 is 0. The molecule has 1 unspecified atom stereocenters. The lowest BCUT2D eigenvalue weighted by Crippen LogP contribution is -2.47. The molecule has 1 aliphatic heterocycles. The molecule has 4 N–H and O–H groups in total. The maximum atomic E-state index is 5.60. The van der Waals surface area contributed by atoms with Gasteiger partial charge in [-0.1, -0.05) is 11.6 Å². The number of aliphatic imine (C=N–C) groups is 2. The van der Waals surface area contributed by atoms with Crippen LogP contribution in [0.25, 0.3) is 0 Å². The van der Waals surface area contributed by atoms with E-state index in [1.54, 1.807) is 0 Å². The van der Waals surface area contributed by atoms with Crippen LogP contribution in [0.1, 0.15) is 20.3 Å². The molecule has 1 aliphatic carbocycles. The second kappa shape index (κ2) is 3.76. The van der Waals surface area contributed by atoms with Crippen LogP contribution in [0, 0.1) is 0 Å². The minimum atomic E-state index is -0.124. The maximum Gasteiger partial charge on any atom is 0.204 e. The average molecular weight is 205 g/mol. The number of hydrogen-bond acceptors (Lipinski definition) is 5. The molecule has 0 bridgehead atoms. The summed E-state index contributed by atoms with van der Waals surface area (Å²) in [5, 5.41) is 6.06. The first kappa shape index (κ1) is 9.76. The van der Waals surface area contributed by atoms with Crippen LogP contribution in [0.3, 0.4) is 0 Å². The largest absolute Gasteiger partial charge is 0.370 e. The molecular formula is C10H15N5. The first-order chi connectivity index (χ1) is 7.13. The summed E-state index contributed by atoms with van der Waals surface area (Å²) in [6, 6.07) is 0. The molecule has 0 aromatic carbocycles. The number of guanidine groups is 2. The van der Waals surface area contributed by atoms with Gasteiger partial charge in [0.05, 0.1) is 0 Å². The van der Waals surface area contributed by atoms with Gasteiger partial charge in [-0.05, 0) is 26.3 Å². The molecule has 0 fully saturated rings. The Hall–Kier alpha value is -1.78. The third-order valence-electron chi connectivity index (χ3n) is 2.20. The van der Waals surface area contributed by atoms with Gasteiger partial charge in [-0.3, -0.25) is 5.32 Å². The maximum absolute atomic E-state index is 5.60. The molecule has 5 heteroatoms. The van der Waals surface area contributed by atoms with Crippen LogP contribution in [0.5, 0.6) is 0 Å². The second-order valence-electron chi connectivity index (χ2n) is 3.73. The molecule has 2 rings (SSSR count). The van der Waals surface area contributed by atoms with E-state index in [9.17, 15) is 0 Å². The normalized spacial score (nSPS) is 24.8. The highest BCUT2D eigenvalue weighted by Gasteiger charge is 2.12. The summed E-state index contributed by atoms with van der Waals surface area (Å²) >= 11 is 0. The van der Waals surface area contributed by atoms with Crippen LogP contribution in [0.15, 0.2) is 33.4 Å². The molecular weight excluding hydrogens is 190 g/mol. The van der Waals surface area contributed by atoms with Crippen LogP contribution >= 0.6 is 0 Å². The Bertz CT molecular complexity index is 389. The van der Waals surface area contributed by atoms with Gasteiger partial charge in [0.1, 0.15) is 6.17 Å². The van der Waals surface area contributed by atoms with Crippen molar-refractivity contribution in [1.82, 2.24) is 10.6 Å². The van der Waals surface area contributed by atoms with Crippen molar-refractivity contribution in [2.24, 2.45) is 15.7 Å². The van der Waals surface area contributed by atoms with Gasteiger partial charge in [0.25, 0.3) is 0 Å². The summed E-state index contributed by atoms with van der Waals surface area (Å²) in [6.45, 7) is 3.99. The standard InChI is InChI=1S/C10H15N5/c1-6-3-4-8(5-6)14-10-13-7(2)12-9(11)15-10/h4-5,7H,3H2,1-2H3,(H4,11,12,13,14,15). The number of nitrogens with zero attached hydrogens (tertiary/aromatic N) is 2. The van der Waals surface area contributed by atoms with E-state index >= 15 is 0 Å². The minimum absolute atomic E-state index is 0.124. The molecule has 0 spiro atoms. The van der Waals surface area contributed by atoms with Crippen molar-refractivity contribution in [1.29, 1.82) is 0 Å². The number of allylic oxidation sites excluding steroid dienone is 3. The molecule has 1 atom stereocenters. The molecule has 2 aliphatic rings. The Balaban J connectivity index is 2.02. The fraction of sp³-hybridized carbons (Fsp3) is 0.400.